The Hall–Kier alpha value is -4.90. The summed E-state index contributed by atoms with van der Waals surface area (Å²) in [6, 6.07) is 12.4. The summed E-state index contributed by atoms with van der Waals surface area (Å²) in [6.45, 7) is 1.87. The molecule has 5 rings (SSSR count). The Labute approximate surface area is 270 Å². The summed E-state index contributed by atoms with van der Waals surface area (Å²) in [5.74, 6) is -3.80. The summed E-state index contributed by atoms with van der Waals surface area (Å²) in [4.78, 5) is 41.4. The number of Topliss-reactive ketones (excluding diaryl/α,β-unsaturated/α-hetero) is 2. The zero-order valence-corrected chi connectivity index (χ0v) is 26.4. The topological polar surface area (TPSA) is 161 Å². The normalized spacial score (nSPS) is 19.5. The van der Waals surface area contributed by atoms with Crippen molar-refractivity contribution in [2.45, 2.75) is 37.7 Å². The first kappa shape index (κ1) is 32.5. The summed E-state index contributed by atoms with van der Waals surface area (Å²) < 4.78 is 22.3. The largest absolute Gasteiger partial charge is 0.508 e. The molecule has 0 bridgehead atoms. The molecule has 0 saturated heterocycles. The van der Waals surface area contributed by atoms with Gasteiger partial charge in [0.25, 0.3) is 0 Å². The molecule has 1 aliphatic carbocycles. The van der Waals surface area contributed by atoms with E-state index in [4.69, 9.17) is 30.5 Å². The lowest BCUT2D eigenvalue weighted by atomic mass is 9.69. The predicted molar refractivity (Wildman–Crippen MR) is 168 cm³/mol. The molecule has 46 heavy (non-hydrogen) atoms. The van der Waals surface area contributed by atoms with Crippen LogP contribution in [0.15, 0.2) is 59.9 Å². The number of aromatic hydroxyl groups is 2. The van der Waals surface area contributed by atoms with E-state index >= 15 is 0 Å². The molecule has 1 aliphatic heterocycles. The number of aliphatic hydroxyl groups is 1. The number of hydrogen-bond donors (Lipinski definition) is 4. The van der Waals surface area contributed by atoms with Gasteiger partial charge in [0.05, 0.1) is 21.3 Å². The fourth-order valence-electron chi connectivity index (χ4n) is 6.10. The number of halogens is 1. The second-order valence-corrected chi connectivity index (χ2v) is 11.6. The minimum absolute atomic E-state index is 0.00442. The van der Waals surface area contributed by atoms with Gasteiger partial charge in [0.2, 0.25) is 17.3 Å². The standard InChI is InChI=1S/C34H34ClNO10/c1-17-13-23(39)28(32(41)34(17)33(42)29-25(44-3)16-26(45-4)30(35)31(29)46-34)21(19-7-10-22(38)24(14-19)43-2)15-27(40)36-12-11-18-5-8-20(37)9-6-18/h5-10,14,16-17,21,37-38,41H,11-13,15H2,1-4H3,(H,36,40)/t17-,21?,34+/m1/s1. The first-order chi connectivity index (χ1) is 22.0. The van der Waals surface area contributed by atoms with Crippen molar-refractivity contribution in [3.63, 3.8) is 0 Å². The van der Waals surface area contributed by atoms with Gasteiger partial charge < -0.3 is 39.6 Å². The van der Waals surface area contributed by atoms with Crippen molar-refractivity contribution in [2.75, 3.05) is 27.9 Å². The highest BCUT2D eigenvalue weighted by Crippen LogP contribution is 2.56. The molecule has 242 valence electrons. The second kappa shape index (κ2) is 12.8. The third kappa shape index (κ3) is 5.55. The van der Waals surface area contributed by atoms with Gasteiger partial charge in [-0.15, -0.1) is 0 Å². The van der Waals surface area contributed by atoms with Crippen LogP contribution in [0.25, 0.3) is 0 Å². The van der Waals surface area contributed by atoms with Crippen molar-refractivity contribution in [1.82, 2.24) is 5.32 Å². The molecule has 1 spiro atoms. The van der Waals surface area contributed by atoms with Gasteiger partial charge in [0, 0.05) is 42.9 Å². The number of hydrogen-bond acceptors (Lipinski definition) is 10. The Bertz CT molecular complexity index is 1730. The van der Waals surface area contributed by atoms with Crippen LogP contribution in [0.1, 0.15) is 47.2 Å². The van der Waals surface area contributed by atoms with Gasteiger partial charge in [0.15, 0.2) is 28.8 Å². The van der Waals surface area contributed by atoms with E-state index in [2.05, 4.69) is 5.32 Å². The van der Waals surface area contributed by atoms with Gasteiger partial charge in [-0.2, -0.15) is 0 Å². The molecule has 1 heterocycles. The van der Waals surface area contributed by atoms with E-state index in [1.54, 1.807) is 31.2 Å². The number of phenolic OH excluding ortho intramolecular Hbond substituents is 2. The predicted octanol–water partition coefficient (Wildman–Crippen LogP) is 5.04. The number of amides is 1. The molecule has 11 nitrogen and oxygen atoms in total. The average Bonchev–Trinajstić information content (AvgIpc) is 3.35. The molecule has 0 fully saturated rings. The highest BCUT2D eigenvalue weighted by molar-refractivity contribution is 6.35. The third-order valence-electron chi connectivity index (χ3n) is 8.53. The lowest BCUT2D eigenvalue weighted by molar-refractivity contribution is -0.121. The van der Waals surface area contributed by atoms with Gasteiger partial charge in [-0.25, -0.2) is 0 Å². The van der Waals surface area contributed by atoms with Crippen LogP contribution in [-0.4, -0.2) is 66.3 Å². The second-order valence-electron chi connectivity index (χ2n) is 11.2. The van der Waals surface area contributed by atoms with E-state index in [1.165, 1.54) is 45.6 Å². The Morgan fingerprint density at radius 3 is 2.33 bits per heavy atom. The zero-order valence-electron chi connectivity index (χ0n) is 25.7. The summed E-state index contributed by atoms with van der Waals surface area (Å²) in [5, 5.41) is 34.6. The van der Waals surface area contributed by atoms with Crippen LogP contribution in [-0.2, 0) is 16.0 Å². The molecular formula is C34H34ClNO10. The van der Waals surface area contributed by atoms with Crippen molar-refractivity contribution in [3.05, 3.63) is 81.6 Å². The van der Waals surface area contributed by atoms with Gasteiger partial charge in [-0.3, -0.25) is 14.4 Å². The van der Waals surface area contributed by atoms with Crippen molar-refractivity contribution < 1.29 is 48.7 Å². The van der Waals surface area contributed by atoms with E-state index in [9.17, 15) is 29.7 Å². The van der Waals surface area contributed by atoms with E-state index in [0.717, 1.165) is 5.56 Å². The molecular weight excluding hydrogens is 618 g/mol. The monoisotopic (exact) mass is 651 g/mol. The van der Waals surface area contributed by atoms with Gasteiger partial charge >= 0.3 is 0 Å². The maximum atomic E-state index is 14.2. The van der Waals surface area contributed by atoms with Crippen molar-refractivity contribution in [2.24, 2.45) is 5.92 Å². The molecule has 2 aliphatic rings. The number of ketones is 2. The Balaban J connectivity index is 1.57. The highest BCUT2D eigenvalue weighted by atomic mass is 35.5. The highest BCUT2D eigenvalue weighted by Gasteiger charge is 2.61. The average molecular weight is 652 g/mol. The first-order valence-corrected chi connectivity index (χ1v) is 14.9. The first-order valence-electron chi connectivity index (χ1n) is 14.5. The van der Waals surface area contributed by atoms with Crippen molar-refractivity contribution in [3.8, 4) is 34.5 Å². The van der Waals surface area contributed by atoms with Crippen molar-refractivity contribution >= 4 is 29.1 Å². The third-order valence-corrected chi connectivity index (χ3v) is 8.89. The van der Waals surface area contributed by atoms with Crippen molar-refractivity contribution in [1.29, 1.82) is 0 Å². The maximum Gasteiger partial charge on any atom is 0.231 e. The van der Waals surface area contributed by atoms with E-state index < -0.39 is 40.7 Å². The Morgan fingerprint density at radius 2 is 1.67 bits per heavy atom. The number of rotatable bonds is 10. The van der Waals surface area contributed by atoms with Crippen LogP contribution in [0.3, 0.4) is 0 Å². The number of nitrogens with one attached hydrogen (secondary N) is 1. The van der Waals surface area contributed by atoms with E-state index in [-0.39, 0.29) is 70.0 Å². The van der Waals surface area contributed by atoms with E-state index in [1.807, 2.05) is 0 Å². The number of aliphatic hydroxyl groups excluding tert-OH is 1. The number of ether oxygens (including phenoxy) is 4. The van der Waals surface area contributed by atoms with Crippen LogP contribution in [0.2, 0.25) is 5.02 Å². The molecule has 1 unspecified atom stereocenters. The molecule has 3 atom stereocenters. The maximum absolute atomic E-state index is 14.2. The number of methoxy groups -OCH3 is 3. The molecule has 3 aromatic carbocycles. The molecule has 0 aromatic heterocycles. The summed E-state index contributed by atoms with van der Waals surface area (Å²) in [5.41, 5.74) is -0.955. The molecule has 12 heteroatoms. The molecule has 4 N–H and O–H groups in total. The molecule has 3 aromatic rings. The summed E-state index contributed by atoms with van der Waals surface area (Å²) in [7, 11) is 4.12. The molecule has 1 amide bonds. The number of allylic oxidation sites excluding steroid dienone is 1. The van der Waals surface area contributed by atoms with E-state index in [0.29, 0.717) is 12.0 Å². The zero-order chi connectivity index (χ0) is 33.3. The number of carbonyl (C=O) groups excluding carboxylic acids is 3. The van der Waals surface area contributed by atoms with Crippen LogP contribution in [0, 0.1) is 5.92 Å². The lowest BCUT2D eigenvalue weighted by Gasteiger charge is -2.38. The quantitative estimate of drug-likeness (QED) is 0.234. The van der Waals surface area contributed by atoms with Crippen LogP contribution in [0.4, 0.5) is 0 Å². The van der Waals surface area contributed by atoms with Crippen LogP contribution in [0.5, 0.6) is 34.5 Å². The molecule has 0 saturated carbocycles. The van der Waals surface area contributed by atoms with Crippen LogP contribution >= 0.6 is 11.6 Å². The summed E-state index contributed by atoms with van der Waals surface area (Å²) in [6.07, 6.45) is -0.00754. The minimum atomic E-state index is -2.04. The fourth-order valence-corrected chi connectivity index (χ4v) is 6.37. The van der Waals surface area contributed by atoms with Gasteiger partial charge in [-0.1, -0.05) is 36.7 Å². The molecule has 0 radical (unpaired) electrons. The smallest absolute Gasteiger partial charge is 0.231 e. The number of fused-ring (bicyclic) bond motifs is 1. The number of benzene rings is 3. The van der Waals surface area contributed by atoms with Gasteiger partial charge in [0.1, 0.15) is 27.8 Å². The van der Waals surface area contributed by atoms with Gasteiger partial charge in [-0.05, 0) is 41.8 Å². The minimum Gasteiger partial charge on any atom is -0.508 e. The Kier molecular flexibility index (Phi) is 9.07. The summed E-state index contributed by atoms with van der Waals surface area (Å²) >= 11 is 6.56. The van der Waals surface area contributed by atoms with Crippen LogP contribution < -0.4 is 24.3 Å². The number of phenols is 2. The number of carbonyl (C=O) groups is 3. The lowest BCUT2D eigenvalue weighted by Crippen LogP contribution is -2.53. The fraction of sp³-hybridized carbons (Fsp3) is 0.324. The SMILES string of the molecule is COc1cc(C(CC(=O)NCCc2ccc(O)cc2)C2=C(O)[C@@]3(Oc4c(Cl)c(OC)cc(OC)c4C3=O)[C@H](C)CC2=O)ccc1O. The Morgan fingerprint density at radius 1 is 1.00 bits per heavy atom.